The Hall–Kier alpha value is -1.10. The number of nitrogens with zero attached hydrogens (tertiary/aromatic N) is 3. The molecule has 5 heteroatoms. The Morgan fingerprint density at radius 2 is 2.23 bits per heavy atom. The summed E-state index contributed by atoms with van der Waals surface area (Å²) in [7, 11) is 2.10. The maximum atomic E-state index is 6.09. The minimum absolute atomic E-state index is 0.685. The molecule has 4 rings (SSSR count). The van der Waals surface area contributed by atoms with Crippen molar-refractivity contribution in [2.24, 2.45) is 13.0 Å². The van der Waals surface area contributed by atoms with Crippen molar-refractivity contribution in [1.82, 2.24) is 14.5 Å². The third kappa shape index (κ3) is 2.87. The van der Waals surface area contributed by atoms with Crippen LogP contribution in [0.5, 0.6) is 0 Å². The molecule has 1 aliphatic carbocycles. The van der Waals surface area contributed by atoms with E-state index in [-0.39, 0.29) is 0 Å². The molecule has 0 amide bonds. The van der Waals surface area contributed by atoms with E-state index in [0.29, 0.717) is 5.92 Å². The molecule has 1 aromatic carbocycles. The summed E-state index contributed by atoms with van der Waals surface area (Å²) in [6, 6.07) is 6.68. The highest BCUT2D eigenvalue weighted by atomic mass is 35.5. The van der Waals surface area contributed by atoms with Gasteiger partial charge >= 0.3 is 0 Å². The molecule has 2 aromatic rings. The van der Waals surface area contributed by atoms with Gasteiger partial charge in [-0.1, -0.05) is 11.6 Å². The lowest BCUT2D eigenvalue weighted by molar-refractivity contribution is 0.159. The Labute approximate surface area is 136 Å². The molecule has 1 aliphatic heterocycles. The van der Waals surface area contributed by atoms with Gasteiger partial charge in [0.25, 0.3) is 0 Å². The molecule has 1 saturated carbocycles. The van der Waals surface area contributed by atoms with Gasteiger partial charge in [-0.15, -0.1) is 0 Å². The first kappa shape index (κ1) is 14.5. The minimum Gasteiger partial charge on any atom is -0.381 e. The molecule has 2 heterocycles. The molecule has 1 saturated heterocycles. The van der Waals surface area contributed by atoms with Crippen LogP contribution in [0.15, 0.2) is 18.2 Å². The number of imidazole rings is 1. The highest BCUT2D eigenvalue weighted by Crippen LogP contribution is 2.31. The molecule has 118 valence electrons. The van der Waals surface area contributed by atoms with E-state index in [4.69, 9.17) is 21.3 Å². The SMILES string of the molecule is Cn1c(CN(CC2CCOC2)C2CC2)nc2cc(Cl)ccc21. The van der Waals surface area contributed by atoms with E-state index in [2.05, 4.69) is 22.6 Å². The fraction of sp³-hybridized carbons (Fsp3) is 0.588. The van der Waals surface area contributed by atoms with Gasteiger partial charge in [0.2, 0.25) is 0 Å². The number of hydrogen-bond donors (Lipinski definition) is 0. The normalized spacial score (nSPS) is 22.0. The molecule has 0 spiro atoms. The molecule has 0 N–H and O–H groups in total. The van der Waals surface area contributed by atoms with Crippen molar-refractivity contribution < 1.29 is 4.74 Å². The molecule has 22 heavy (non-hydrogen) atoms. The van der Waals surface area contributed by atoms with Gasteiger partial charge < -0.3 is 9.30 Å². The quantitative estimate of drug-likeness (QED) is 0.847. The third-order valence-corrected chi connectivity index (χ3v) is 5.10. The first-order chi connectivity index (χ1) is 10.7. The highest BCUT2D eigenvalue weighted by molar-refractivity contribution is 6.31. The van der Waals surface area contributed by atoms with Gasteiger partial charge in [0.15, 0.2) is 0 Å². The van der Waals surface area contributed by atoms with E-state index in [1.165, 1.54) is 19.3 Å². The molecular weight excluding hydrogens is 298 g/mol. The lowest BCUT2D eigenvalue weighted by atomic mass is 10.1. The van der Waals surface area contributed by atoms with Crippen LogP contribution in [0.25, 0.3) is 11.0 Å². The molecular formula is C17H22ClN3O. The summed E-state index contributed by atoms with van der Waals surface area (Å²) in [6.45, 7) is 3.90. The van der Waals surface area contributed by atoms with E-state index in [9.17, 15) is 0 Å². The molecule has 0 radical (unpaired) electrons. The number of rotatable bonds is 5. The summed E-state index contributed by atoms with van der Waals surface area (Å²) in [5.74, 6) is 1.81. The number of halogens is 1. The van der Waals surface area contributed by atoms with Gasteiger partial charge in [-0.3, -0.25) is 4.90 Å². The summed E-state index contributed by atoms with van der Waals surface area (Å²) < 4.78 is 7.73. The van der Waals surface area contributed by atoms with E-state index in [1.54, 1.807) is 0 Å². The van der Waals surface area contributed by atoms with E-state index in [0.717, 1.165) is 54.2 Å². The second-order valence-electron chi connectivity index (χ2n) is 6.61. The average Bonchev–Trinajstić information content (AvgIpc) is 3.14. The van der Waals surface area contributed by atoms with Gasteiger partial charge in [-0.25, -0.2) is 4.98 Å². The fourth-order valence-corrected chi connectivity index (χ4v) is 3.55. The zero-order valence-corrected chi connectivity index (χ0v) is 13.7. The van der Waals surface area contributed by atoms with Gasteiger partial charge in [-0.2, -0.15) is 0 Å². The van der Waals surface area contributed by atoms with Crippen molar-refractivity contribution in [3.8, 4) is 0 Å². The Morgan fingerprint density at radius 3 is 2.95 bits per heavy atom. The van der Waals surface area contributed by atoms with Crippen molar-refractivity contribution in [3.05, 3.63) is 29.0 Å². The van der Waals surface area contributed by atoms with Crippen molar-refractivity contribution >= 4 is 22.6 Å². The van der Waals surface area contributed by atoms with Crippen LogP contribution in [0, 0.1) is 5.92 Å². The second-order valence-corrected chi connectivity index (χ2v) is 7.05. The molecule has 2 fully saturated rings. The smallest absolute Gasteiger partial charge is 0.123 e. The Balaban J connectivity index is 1.56. The molecule has 2 aliphatic rings. The number of hydrogen-bond acceptors (Lipinski definition) is 3. The first-order valence-corrected chi connectivity index (χ1v) is 8.51. The lowest BCUT2D eigenvalue weighted by Gasteiger charge is -2.24. The van der Waals surface area contributed by atoms with Crippen LogP contribution in [0.3, 0.4) is 0 Å². The number of ether oxygens (including phenoxy) is 1. The van der Waals surface area contributed by atoms with Gasteiger partial charge in [0, 0.05) is 31.3 Å². The summed E-state index contributed by atoms with van der Waals surface area (Å²) >= 11 is 6.09. The molecule has 0 bridgehead atoms. The number of benzene rings is 1. The zero-order chi connectivity index (χ0) is 15.1. The predicted octanol–water partition coefficient (Wildman–Crippen LogP) is 3.23. The molecule has 1 aromatic heterocycles. The van der Waals surface area contributed by atoms with Crippen molar-refractivity contribution in [2.75, 3.05) is 19.8 Å². The van der Waals surface area contributed by atoms with Gasteiger partial charge in [0.05, 0.1) is 24.2 Å². The lowest BCUT2D eigenvalue weighted by Crippen LogP contribution is -2.32. The van der Waals surface area contributed by atoms with E-state index in [1.807, 2.05) is 12.1 Å². The van der Waals surface area contributed by atoms with Crippen LogP contribution in [-0.4, -0.2) is 40.3 Å². The maximum Gasteiger partial charge on any atom is 0.123 e. The Bertz CT molecular complexity index is 674. The predicted molar refractivity (Wildman–Crippen MR) is 88.1 cm³/mol. The van der Waals surface area contributed by atoms with Crippen molar-refractivity contribution in [2.45, 2.75) is 31.8 Å². The average molecular weight is 320 g/mol. The Kier molecular flexibility index (Phi) is 3.84. The minimum atomic E-state index is 0.685. The van der Waals surface area contributed by atoms with Gasteiger partial charge in [0.1, 0.15) is 5.82 Å². The monoisotopic (exact) mass is 319 g/mol. The second kappa shape index (κ2) is 5.84. The van der Waals surface area contributed by atoms with E-state index >= 15 is 0 Å². The van der Waals surface area contributed by atoms with Crippen LogP contribution in [0.1, 0.15) is 25.1 Å². The number of aromatic nitrogens is 2. The third-order valence-electron chi connectivity index (χ3n) is 4.86. The van der Waals surface area contributed by atoms with Crippen LogP contribution in [0.4, 0.5) is 0 Å². The van der Waals surface area contributed by atoms with Crippen LogP contribution >= 0.6 is 11.6 Å². The first-order valence-electron chi connectivity index (χ1n) is 8.13. The van der Waals surface area contributed by atoms with Crippen LogP contribution < -0.4 is 0 Å². The maximum absolute atomic E-state index is 6.09. The van der Waals surface area contributed by atoms with Crippen LogP contribution in [0.2, 0.25) is 5.02 Å². The number of aryl methyl sites for hydroxylation is 1. The molecule has 4 nitrogen and oxygen atoms in total. The summed E-state index contributed by atoms with van der Waals surface area (Å²) in [5, 5.41) is 0.749. The number of fused-ring (bicyclic) bond motifs is 1. The molecule has 1 atom stereocenters. The highest BCUT2D eigenvalue weighted by Gasteiger charge is 2.32. The van der Waals surface area contributed by atoms with Crippen molar-refractivity contribution in [3.63, 3.8) is 0 Å². The van der Waals surface area contributed by atoms with Crippen molar-refractivity contribution in [1.29, 1.82) is 0 Å². The standard InChI is InChI=1S/C17H22ClN3O/c1-20-16-5-2-13(18)8-15(16)19-17(20)10-21(14-3-4-14)9-12-6-7-22-11-12/h2,5,8,12,14H,3-4,6-7,9-11H2,1H3. The van der Waals surface area contributed by atoms with E-state index < -0.39 is 0 Å². The summed E-state index contributed by atoms with van der Waals surface area (Å²) in [4.78, 5) is 7.40. The largest absolute Gasteiger partial charge is 0.381 e. The topological polar surface area (TPSA) is 30.3 Å². The van der Waals surface area contributed by atoms with Crippen LogP contribution in [-0.2, 0) is 18.3 Å². The Morgan fingerprint density at radius 1 is 1.36 bits per heavy atom. The summed E-state index contributed by atoms with van der Waals surface area (Å²) in [6.07, 6.45) is 3.84. The van der Waals surface area contributed by atoms with Gasteiger partial charge in [-0.05, 0) is 43.4 Å². The fourth-order valence-electron chi connectivity index (χ4n) is 3.39. The molecule has 1 unspecified atom stereocenters. The zero-order valence-electron chi connectivity index (χ0n) is 13.0. The summed E-state index contributed by atoms with van der Waals surface area (Å²) in [5.41, 5.74) is 2.14.